The lowest BCUT2D eigenvalue weighted by molar-refractivity contribution is 0.656. The molecule has 0 unspecified atom stereocenters. The highest BCUT2D eigenvalue weighted by Gasteiger charge is 1.99. The van der Waals surface area contributed by atoms with Crippen LogP contribution < -0.4 is 5.73 Å². The van der Waals surface area contributed by atoms with E-state index in [-0.39, 0.29) is 5.54 Å². The Balaban J connectivity index is 0. The molecule has 0 saturated carbocycles. The van der Waals surface area contributed by atoms with Gasteiger partial charge in [0.2, 0.25) is 0 Å². The van der Waals surface area contributed by atoms with Gasteiger partial charge in [-0.2, -0.15) is 0 Å². The Bertz CT molecular complexity index is 96.2. The van der Waals surface area contributed by atoms with Crippen molar-refractivity contribution >= 4 is 0 Å². The van der Waals surface area contributed by atoms with Gasteiger partial charge in [0.1, 0.15) is 0 Å². The van der Waals surface area contributed by atoms with E-state index >= 15 is 0 Å². The summed E-state index contributed by atoms with van der Waals surface area (Å²) in [5.74, 6) is 0. The van der Waals surface area contributed by atoms with Crippen molar-refractivity contribution in [3.63, 3.8) is 0 Å². The molecule has 0 heterocycles. The summed E-state index contributed by atoms with van der Waals surface area (Å²) in [4.78, 5) is 0. The van der Waals surface area contributed by atoms with E-state index in [0.717, 1.165) is 0 Å². The summed E-state index contributed by atoms with van der Waals surface area (Å²) >= 11 is 0. The summed E-state index contributed by atoms with van der Waals surface area (Å²) in [7, 11) is 0. The first-order valence-electron chi connectivity index (χ1n) is 5.40. The molecule has 0 rings (SSSR count). The average Bonchev–Trinajstić information content (AvgIpc) is 2.06. The van der Waals surface area contributed by atoms with E-state index in [0.29, 0.717) is 0 Å². The van der Waals surface area contributed by atoms with Crippen molar-refractivity contribution < 1.29 is 0 Å². The molecule has 0 aliphatic rings. The highest BCUT2D eigenvalue weighted by molar-refractivity contribution is 4.91. The van der Waals surface area contributed by atoms with Gasteiger partial charge < -0.3 is 5.73 Å². The number of nitrogens with two attached hydrogens (primary N) is 1. The first-order chi connectivity index (χ1) is 5.97. The Hall–Kier alpha value is -0.300. The molecule has 0 amide bonds. The molecule has 0 aromatic rings. The standard InChI is InChI=1S/C7H16.C5H11N/c1-3-5-7-6-4-2;1-4-5(2,3)6/h3-7H2,1-2H3;4H,1,6H2,2-3H3. The van der Waals surface area contributed by atoms with Crippen LogP contribution in [0.5, 0.6) is 0 Å². The molecular formula is C12H27N. The lowest BCUT2D eigenvalue weighted by Gasteiger charge is -2.08. The Morgan fingerprint density at radius 2 is 1.38 bits per heavy atom. The zero-order chi connectivity index (χ0) is 10.7. The number of rotatable bonds is 5. The molecule has 0 spiro atoms. The Morgan fingerprint density at radius 1 is 1.08 bits per heavy atom. The van der Waals surface area contributed by atoms with Crippen LogP contribution in [-0.2, 0) is 0 Å². The van der Waals surface area contributed by atoms with Crippen LogP contribution in [0.2, 0.25) is 0 Å². The predicted octanol–water partition coefficient (Wildman–Crippen LogP) is 3.89. The van der Waals surface area contributed by atoms with Gasteiger partial charge in [0.25, 0.3) is 0 Å². The summed E-state index contributed by atoms with van der Waals surface area (Å²) in [6.45, 7) is 11.8. The van der Waals surface area contributed by atoms with Crippen LogP contribution in [0, 0.1) is 0 Å². The van der Waals surface area contributed by atoms with Crippen LogP contribution in [0.25, 0.3) is 0 Å². The minimum Gasteiger partial charge on any atom is -0.322 e. The van der Waals surface area contributed by atoms with Crippen molar-refractivity contribution in [3.8, 4) is 0 Å². The molecule has 13 heavy (non-hydrogen) atoms. The van der Waals surface area contributed by atoms with E-state index in [1.54, 1.807) is 6.08 Å². The molecule has 0 bridgehead atoms. The largest absolute Gasteiger partial charge is 0.322 e. The van der Waals surface area contributed by atoms with E-state index in [2.05, 4.69) is 20.4 Å². The first-order valence-corrected chi connectivity index (χ1v) is 5.40. The fourth-order valence-electron chi connectivity index (χ4n) is 0.677. The van der Waals surface area contributed by atoms with Crippen molar-refractivity contribution in [2.24, 2.45) is 5.73 Å². The molecule has 0 aromatic heterocycles. The maximum atomic E-state index is 5.42. The molecule has 0 radical (unpaired) electrons. The summed E-state index contributed by atoms with van der Waals surface area (Å²) < 4.78 is 0. The van der Waals surface area contributed by atoms with Gasteiger partial charge in [0.05, 0.1) is 0 Å². The lowest BCUT2D eigenvalue weighted by Crippen LogP contribution is -2.27. The van der Waals surface area contributed by atoms with Gasteiger partial charge in [-0.25, -0.2) is 0 Å². The smallest absolute Gasteiger partial charge is 0.0279 e. The maximum Gasteiger partial charge on any atom is 0.0279 e. The maximum absolute atomic E-state index is 5.42. The molecule has 0 atom stereocenters. The second kappa shape index (κ2) is 9.79. The SMILES string of the molecule is C=CC(C)(C)N.CCCCCCC. The van der Waals surface area contributed by atoms with E-state index < -0.39 is 0 Å². The van der Waals surface area contributed by atoms with Crippen molar-refractivity contribution in [1.82, 2.24) is 0 Å². The van der Waals surface area contributed by atoms with Crippen LogP contribution >= 0.6 is 0 Å². The number of hydrogen-bond donors (Lipinski definition) is 1. The predicted molar refractivity (Wildman–Crippen MR) is 62.9 cm³/mol. The summed E-state index contributed by atoms with van der Waals surface area (Å²) in [5.41, 5.74) is 5.22. The minimum atomic E-state index is -0.194. The van der Waals surface area contributed by atoms with Crippen molar-refractivity contribution in [2.45, 2.75) is 65.3 Å². The quantitative estimate of drug-likeness (QED) is 0.510. The molecule has 1 nitrogen and oxygen atoms in total. The molecular weight excluding hydrogens is 158 g/mol. The van der Waals surface area contributed by atoms with Crippen molar-refractivity contribution in [2.75, 3.05) is 0 Å². The van der Waals surface area contributed by atoms with Crippen LogP contribution in [0.1, 0.15) is 59.8 Å². The van der Waals surface area contributed by atoms with Crippen molar-refractivity contribution in [3.05, 3.63) is 12.7 Å². The van der Waals surface area contributed by atoms with E-state index in [9.17, 15) is 0 Å². The Morgan fingerprint density at radius 3 is 1.54 bits per heavy atom. The van der Waals surface area contributed by atoms with Crippen molar-refractivity contribution in [1.29, 1.82) is 0 Å². The lowest BCUT2D eigenvalue weighted by atomic mass is 10.1. The molecule has 80 valence electrons. The summed E-state index contributed by atoms with van der Waals surface area (Å²) in [6.07, 6.45) is 8.72. The molecule has 2 N–H and O–H groups in total. The second-order valence-corrected chi connectivity index (χ2v) is 4.09. The summed E-state index contributed by atoms with van der Waals surface area (Å²) in [5, 5.41) is 0. The van der Waals surface area contributed by atoms with Crippen LogP contribution in [0.3, 0.4) is 0 Å². The minimum absolute atomic E-state index is 0.194. The third-order valence-corrected chi connectivity index (χ3v) is 1.73. The normalized spacial score (nSPS) is 10.2. The molecule has 0 aromatic carbocycles. The van der Waals surface area contributed by atoms with E-state index in [4.69, 9.17) is 5.73 Å². The molecule has 1 heteroatoms. The van der Waals surface area contributed by atoms with Gasteiger partial charge in [-0.15, -0.1) is 6.58 Å². The zero-order valence-electron chi connectivity index (χ0n) is 9.90. The highest BCUT2D eigenvalue weighted by atomic mass is 14.7. The second-order valence-electron chi connectivity index (χ2n) is 4.09. The fourth-order valence-corrected chi connectivity index (χ4v) is 0.677. The molecule has 0 aliphatic carbocycles. The molecule has 0 aliphatic heterocycles. The van der Waals surface area contributed by atoms with Gasteiger partial charge in [-0.3, -0.25) is 0 Å². The monoisotopic (exact) mass is 185 g/mol. The average molecular weight is 185 g/mol. The van der Waals surface area contributed by atoms with Crippen LogP contribution in [0.15, 0.2) is 12.7 Å². The first kappa shape index (κ1) is 15.2. The molecule has 0 fully saturated rings. The number of hydrogen-bond acceptors (Lipinski definition) is 1. The highest BCUT2D eigenvalue weighted by Crippen LogP contribution is 2.00. The van der Waals surface area contributed by atoms with Crippen LogP contribution in [-0.4, -0.2) is 5.54 Å². The third-order valence-electron chi connectivity index (χ3n) is 1.73. The van der Waals surface area contributed by atoms with Gasteiger partial charge in [0, 0.05) is 5.54 Å². The third kappa shape index (κ3) is 24.5. The Kier molecular flexibility index (Phi) is 11.4. The van der Waals surface area contributed by atoms with Gasteiger partial charge in [-0.1, -0.05) is 52.0 Å². The van der Waals surface area contributed by atoms with E-state index in [1.807, 2.05) is 13.8 Å². The molecule has 0 saturated heterocycles. The van der Waals surface area contributed by atoms with Crippen LogP contribution in [0.4, 0.5) is 0 Å². The van der Waals surface area contributed by atoms with Gasteiger partial charge in [0.15, 0.2) is 0 Å². The van der Waals surface area contributed by atoms with Gasteiger partial charge >= 0.3 is 0 Å². The topological polar surface area (TPSA) is 26.0 Å². The summed E-state index contributed by atoms with van der Waals surface area (Å²) in [6, 6.07) is 0. The van der Waals surface area contributed by atoms with E-state index in [1.165, 1.54) is 32.1 Å². The Labute approximate surface area is 84.4 Å². The number of unbranched alkanes of at least 4 members (excludes halogenated alkanes) is 4. The fraction of sp³-hybridized carbons (Fsp3) is 0.833. The zero-order valence-corrected chi connectivity index (χ0v) is 9.90. The van der Waals surface area contributed by atoms with Gasteiger partial charge in [-0.05, 0) is 13.8 Å².